The van der Waals surface area contributed by atoms with E-state index in [1.807, 2.05) is 11.6 Å². The SMILES string of the molecule is Cn1c(CNC(=O)C2CCCOC2)nnc1C1CCC1. The fraction of sp³-hybridized carbons (Fsp3) is 0.786. The maximum absolute atomic E-state index is 12.0. The van der Waals surface area contributed by atoms with E-state index >= 15 is 0 Å². The molecular formula is C14H22N4O2. The highest BCUT2D eigenvalue weighted by Gasteiger charge is 2.26. The van der Waals surface area contributed by atoms with Crippen molar-refractivity contribution in [3.8, 4) is 0 Å². The van der Waals surface area contributed by atoms with Crippen LogP contribution in [0.3, 0.4) is 0 Å². The van der Waals surface area contributed by atoms with E-state index < -0.39 is 0 Å². The Bertz CT molecular complexity index is 476. The van der Waals surface area contributed by atoms with Crippen molar-refractivity contribution < 1.29 is 9.53 Å². The van der Waals surface area contributed by atoms with Gasteiger partial charge in [-0.15, -0.1) is 10.2 Å². The Morgan fingerprint density at radius 1 is 1.35 bits per heavy atom. The number of nitrogens with zero attached hydrogens (tertiary/aromatic N) is 3. The molecule has 2 aliphatic rings. The van der Waals surface area contributed by atoms with E-state index in [0.29, 0.717) is 19.1 Å². The van der Waals surface area contributed by atoms with Crippen molar-refractivity contribution in [2.45, 2.75) is 44.6 Å². The second-order valence-corrected chi connectivity index (χ2v) is 5.79. The van der Waals surface area contributed by atoms with Crippen LogP contribution in [0.1, 0.15) is 49.7 Å². The van der Waals surface area contributed by atoms with E-state index in [4.69, 9.17) is 4.74 Å². The predicted octanol–water partition coefficient (Wildman–Crippen LogP) is 1.13. The smallest absolute Gasteiger partial charge is 0.225 e. The molecule has 0 aromatic carbocycles. The fourth-order valence-corrected chi connectivity index (χ4v) is 2.81. The van der Waals surface area contributed by atoms with Crippen LogP contribution in [0.5, 0.6) is 0 Å². The molecule has 2 fully saturated rings. The Kier molecular flexibility index (Phi) is 4.00. The van der Waals surface area contributed by atoms with Crippen molar-refractivity contribution in [1.29, 1.82) is 0 Å². The molecule has 1 aliphatic carbocycles. The fourth-order valence-electron chi connectivity index (χ4n) is 2.81. The van der Waals surface area contributed by atoms with Crippen molar-refractivity contribution in [2.24, 2.45) is 13.0 Å². The summed E-state index contributed by atoms with van der Waals surface area (Å²) >= 11 is 0. The molecule has 0 radical (unpaired) electrons. The third kappa shape index (κ3) is 2.70. The van der Waals surface area contributed by atoms with E-state index in [2.05, 4.69) is 15.5 Å². The first-order valence-corrected chi connectivity index (χ1v) is 7.49. The molecule has 1 aromatic heterocycles. The first-order valence-electron chi connectivity index (χ1n) is 7.49. The van der Waals surface area contributed by atoms with E-state index in [1.54, 1.807) is 0 Å². The van der Waals surface area contributed by atoms with Gasteiger partial charge in [0.15, 0.2) is 5.82 Å². The molecule has 1 saturated heterocycles. The lowest BCUT2D eigenvalue weighted by atomic mass is 9.85. The van der Waals surface area contributed by atoms with Crippen molar-refractivity contribution >= 4 is 5.91 Å². The van der Waals surface area contributed by atoms with E-state index in [0.717, 1.165) is 31.1 Å². The summed E-state index contributed by atoms with van der Waals surface area (Å²) in [5.74, 6) is 2.50. The van der Waals surface area contributed by atoms with Crippen LogP contribution in [-0.2, 0) is 23.1 Å². The molecule has 1 aromatic rings. The molecule has 0 bridgehead atoms. The van der Waals surface area contributed by atoms with Gasteiger partial charge in [0.05, 0.1) is 19.1 Å². The highest BCUT2D eigenvalue weighted by Crippen LogP contribution is 2.35. The quantitative estimate of drug-likeness (QED) is 0.896. The number of ether oxygens (including phenoxy) is 1. The van der Waals surface area contributed by atoms with Gasteiger partial charge in [0.2, 0.25) is 5.91 Å². The molecule has 2 heterocycles. The Hall–Kier alpha value is -1.43. The van der Waals surface area contributed by atoms with Crippen LogP contribution in [0.15, 0.2) is 0 Å². The molecule has 1 amide bonds. The van der Waals surface area contributed by atoms with Gasteiger partial charge >= 0.3 is 0 Å². The normalized spacial score (nSPS) is 23.4. The van der Waals surface area contributed by atoms with Gasteiger partial charge in [-0.2, -0.15) is 0 Å². The number of carbonyl (C=O) groups excluding carboxylic acids is 1. The minimum absolute atomic E-state index is 0.0110. The van der Waals surface area contributed by atoms with Gasteiger partial charge in [-0.25, -0.2) is 0 Å². The molecular weight excluding hydrogens is 256 g/mol. The summed E-state index contributed by atoms with van der Waals surface area (Å²) in [6, 6.07) is 0. The standard InChI is InChI=1S/C14H22N4O2/c1-18-12(16-17-13(18)10-4-2-5-10)8-15-14(19)11-6-3-7-20-9-11/h10-11H,2-9H2,1H3,(H,15,19). The molecule has 6 heteroatoms. The summed E-state index contributed by atoms with van der Waals surface area (Å²) in [5, 5.41) is 11.4. The number of aromatic nitrogens is 3. The molecule has 1 atom stereocenters. The van der Waals surface area contributed by atoms with Gasteiger partial charge < -0.3 is 14.6 Å². The molecule has 1 N–H and O–H groups in total. The van der Waals surface area contributed by atoms with Crippen molar-refractivity contribution in [1.82, 2.24) is 20.1 Å². The maximum atomic E-state index is 12.0. The van der Waals surface area contributed by atoms with Crippen LogP contribution in [0.4, 0.5) is 0 Å². The lowest BCUT2D eigenvalue weighted by Gasteiger charge is -2.24. The molecule has 3 rings (SSSR count). The van der Waals surface area contributed by atoms with Crippen LogP contribution in [0, 0.1) is 5.92 Å². The lowest BCUT2D eigenvalue weighted by molar-refractivity contribution is -0.129. The van der Waals surface area contributed by atoms with E-state index in [9.17, 15) is 4.79 Å². The number of amides is 1. The molecule has 6 nitrogen and oxygen atoms in total. The Morgan fingerprint density at radius 2 is 2.20 bits per heavy atom. The van der Waals surface area contributed by atoms with Gasteiger partial charge in [-0.3, -0.25) is 4.79 Å². The number of carbonyl (C=O) groups is 1. The largest absolute Gasteiger partial charge is 0.381 e. The average molecular weight is 278 g/mol. The van der Waals surface area contributed by atoms with Crippen LogP contribution in [0.2, 0.25) is 0 Å². The first-order chi connectivity index (χ1) is 9.75. The summed E-state index contributed by atoms with van der Waals surface area (Å²) in [6.45, 7) is 1.77. The second-order valence-electron chi connectivity index (χ2n) is 5.79. The van der Waals surface area contributed by atoms with Gasteiger partial charge in [0.1, 0.15) is 5.82 Å². The Labute approximate surface area is 118 Å². The van der Waals surface area contributed by atoms with Crippen molar-refractivity contribution in [3.05, 3.63) is 11.6 Å². The summed E-state index contributed by atoms with van der Waals surface area (Å²) in [7, 11) is 1.98. The van der Waals surface area contributed by atoms with Crippen LogP contribution >= 0.6 is 0 Å². The minimum Gasteiger partial charge on any atom is -0.381 e. The average Bonchev–Trinajstić information content (AvgIpc) is 2.77. The molecule has 0 spiro atoms. The van der Waals surface area contributed by atoms with E-state index in [-0.39, 0.29) is 11.8 Å². The van der Waals surface area contributed by atoms with Gasteiger partial charge in [0.25, 0.3) is 0 Å². The summed E-state index contributed by atoms with van der Waals surface area (Å²) in [6.07, 6.45) is 5.58. The van der Waals surface area contributed by atoms with Gasteiger partial charge in [-0.1, -0.05) is 6.42 Å². The molecule has 1 unspecified atom stereocenters. The second kappa shape index (κ2) is 5.91. The molecule has 20 heavy (non-hydrogen) atoms. The Balaban J connectivity index is 1.55. The molecule has 1 saturated carbocycles. The molecule has 110 valence electrons. The topological polar surface area (TPSA) is 69.0 Å². The zero-order valence-electron chi connectivity index (χ0n) is 12.0. The van der Waals surface area contributed by atoms with Crippen LogP contribution < -0.4 is 5.32 Å². The number of hydrogen-bond acceptors (Lipinski definition) is 4. The minimum atomic E-state index is -0.0110. The third-order valence-corrected chi connectivity index (χ3v) is 4.42. The van der Waals surface area contributed by atoms with Gasteiger partial charge in [-0.05, 0) is 25.7 Å². The number of nitrogens with one attached hydrogen (secondary N) is 1. The summed E-state index contributed by atoms with van der Waals surface area (Å²) in [5.41, 5.74) is 0. The highest BCUT2D eigenvalue weighted by molar-refractivity contribution is 5.78. The molecule has 1 aliphatic heterocycles. The number of hydrogen-bond donors (Lipinski definition) is 1. The van der Waals surface area contributed by atoms with Crippen molar-refractivity contribution in [2.75, 3.05) is 13.2 Å². The highest BCUT2D eigenvalue weighted by atomic mass is 16.5. The lowest BCUT2D eigenvalue weighted by Crippen LogP contribution is -2.35. The summed E-state index contributed by atoms with van der Waals surface area (Å²) in [4.78, 5) is 12.0. The maximum Gasteiger partial charge on any atom is 0.225 e. The van der Waals surface area contributed by atoms with Crippen molar-refractivity contribution in [3.63, 3.8) is 0 Å². The Morgan fingerprint density at radius 3 is 2.85 bits per heavy atom. The zero-order chi connectivity index (χ0) is 13.9. The monoisotopic (exact) mass is 278 g/mol. The van der Waals surface area contributed by atoms with E-state index in [1.165, 1.54) is 19.3 Å². The predicted molar refractivity (Wildman–Crippen MR) is 73.0 cm³/mol. The third-order valence-electron chi connectivity index (χ3n) is 4.42. The van der Waals surface area contributed by atoms with Gasteiger partial charge in [0, 0.05) is 19.6 Å². The van der Waals surface area contributed by atoms with Crippen LogP contribution in [0.25, 0.3) is 0 Å². The van der Waals surface area contributed by atoms with Crippen LogP contribution in [-0.4, -0.2) is 33.9 Å². The number of rotatable bonds is 4. The zero-order valence-corrected chi connectivity index (χ0v) is 12.0. The summed E-state index contributed by atoms with van der Waals surface area (Å²) < 4.78 is 7.37. The first kappa shape index (κ1) is 13.5.